The van der Waals surface area contributed by atoms with Crippen LogP contribution in [0.3, 0.4) is 0 Å². The molecule has 0 bridgehead atoms. The van der Waals surface area contributed by atoms with Gasteiger partial charge in [-0.1, -0.05) is 96.8 Å². The fraction of sp³-hybridized carbons (Fsp3) is 0.893. The van der Waals surface area contributed by atoms with Crippen LogP contribution in [0.2, 0.25) is 0 Å². The second kappa shape index (κ2) is 25.5. The van der Waals surface area contributed by atoms with Crippen molar-refractivity contribution < 1.29 is 42.7 Å². The molecule has 0 spiro atoms. The fourth-order valence-corrected chi connectivity index (χ4v) is 4.46. The van der Waals surface area contributed by atoms with Gasteiger partial charge in [-0.15, -0.1) is 0 Å². The van der Waals surface area contributed by atoms with Crippen molar-refractivity contribution in [1.82, 2.24) is 5.32 Å². The summed E-state index contributed by atoms with van der Waals surface area (Å²) >= 11 is 0. The zero-order valence-corrected chi connectivity index (χ0v) is 25.2. The van der Waals surface area contributed by atoms with Crippen LogP contribution in [0.5, 0.6) is 0 Å². The molecule has 0 aromatic heterocycles. The van der Waals surface area contributed by atoms with Gasteiger partial charge in [0.05, 0.1) is 6.61 Å². The number of hydrogen-bond donors (Lipinski definition) is 3. The Hall–Kier alpha value is -1.48. The SMILES string of the molecule is CCCCCCCCCCCCC(=O)O[C@H](COC(=O)CCCCCCCCCNC(C)=O)COP(=O)(O)O. The maximum atomic E-state index is 12.2. The van der Waals surface area contributed by atoms with Crippen LogP contribution in [0.15, 0.2) is 0 Å². The summed E-state index contributed by atoms with van der Waals surface area (Å²) in [5.41, 5.74) is 0. The first-order valence-corrected chi connectivity index (χ1v) is 16.5. The van der Waals surface area contributed by atoms with Crippen molar-refractivity contribution in [3.8, 4) is 0 Å². The molecule has 0 radical (unpaired) electrons. The van der Waals surface area contributed by atoms with Crippen LogP contribution in [0.1, 0.15) is 136 Å². The normalized spacial score (nSPS) is 12.2. The number of carbonyl (C=O) groups is 3. The lowest BCUT2D eigenvalue weighted by atomic mass is 10.1. The summed E-state index contributed by atoms with van der Waals surface area (Å²) in [5, 5.41) is 2.77. The van der Waals surface area contributed by atoms with Crippen molar-refractivity contribution in [3.05, 3.63) is 0 Å². The molecule has 10 nitrogen and oxygen atoms in total. The monoisotopic (exact) mass is 579 g/mol. The van der Waals surface area contributed by atoms with Gasteiger partial charge in [0.25, 0.3) is 0 Å². The van der Waals surface area contributed by atoms with Gasteiger partial charge >= 0.3 is 19.8 Å². The summed E-state index contributed by atoms with van der Waals surface area (Å²) in [6.07, 6.45) is 17.5. The number of unbranched alkanes of at least 4 members (excludes halogenated alkanes) is 15. The second-order valence-electron chi connectivity index (χ2n) is 10.2. The average Bonchev–Trinajstić information content (AvgIpc) is 2.87. The second-order valence-corrected chi connectivity index (χ2v) is 11.5. The van der Waals surface area contributed by atoms with E-state index in [1.165, 1.54) is 45.4 Å². The van der Waals surface area contributed by atoms with Gasteiger partial charge in [-0.3, -0.25) is 18.9 Å². The van der Waals surface area contributed by atoms with Gasteiger partial charge in [0.2, 0.25) is 5.91 Å². The molecule has 0 saturated carbocycles. The Bertz CT molecular complexity index is 684. The Labute approximate surface area is 235 Å². The van der Waals surface area contributed by atoms with Gasteiger partial charge in [0, 0.05) is 26.3 Å². The molecule has 0 aliphatic carbocycles. The number of ether oxygens (including phenoxy) is 2. The van der Waals surface area contributed by atoms with E-state index in [9.17, 15) is 18.9 Å². The summed E-state index contributed by atoms with van der Waals surface area (Å²) < 4.78 is 26.0. The van der Waals surface area contributed by atoms with Crippen LogP contribution in [0, 0.1) is 0 Å². The molecule has 0 unspecified atom stereocenters. The first kappa shape index (κ1) is 37.5. The molecule has 0 aliphatic rings. The van der Waals surface area contributed by atoms with Crippen molar-refractivity contribution in [1.29, 1.82) is 0 Å². The molecule has 0 aromatic carbocycles. The number of carbonyl (C=O) groups excluding carboxylic acids is 3. The van der Waals surface area contributed by atoms with E-state index in [1.807, 2.05) is 0 Å². The van der Waals surface area contributed by atoms with Gasteiger partial charge in [-0.2, -0.15) is 0 Å². The van der Waals surface area contributed by atoms with E-state index in [0.717, 1.165) is 57.8 Å². The summed E-state index contributed by atoms with van der Waals surface area (Å²) in [7, 11) is -4.75. The van der Waals surface area contributed by atoms with E-state index in [1.54, 1.807) is 0 Å². The number of rotatable bonds is 27. The van der Waals surface area contributed by atoms with Gasteiger partial charge in [-0.05, 0) is 19.3 Å². The van der Waals surface area contributed by atoms with Gasteiger partial charge in [0.1, 0.15) is 6.61 Å². The Balaban J connectivity index is 4.04. The number of hydrogen-bond acceptors (Lipinski definition) is 7. The van der Waals surface area contributed by atoms with E-state index in [-0.39, 0.29) is 25.4 Å². The molecule has 0 aromatic rings. The standard InChI is InChI=1S/C28H54NO9P/c1-3-4-5-6-7-8-9-11-15-18-21-28(32)38-26(24-37-39(33,34)35)23-36-27(31)20-17-14-12-10-13-16-19-22-29-25(2)30/h26H,3-24H2,1-2H3,(H,29,30)(H2,33,34,35)/t26-/m1/s1. The molecule has 3 N–H and O–H groups in total. The van der Waals surface area contributed by atoms with Gasteiger partial charge < -0.3 is 24.6 Å². The number of phosphoric acid groups is 1. The van der Waals surface area contributed by atoms with Crippen molar-refractivity contribution in [3.63, 3.8) is 0 Å². The Morgan fingerprint density at radius 2 is 1.15 bits per heavy atom. The van der Waals surface area contributed by atoms with E-state index < -0.39 is 32.5 Å². The molecule has 11 heteroatoms. The Morgan fingerprint density at radius 3 is 1.64 bits per heavy atom. The predicted octanol–water partition coefficient (Wildman–Crippen LogP) is 6.12. The zero-order chi connectivity index (χ0) is 29.2. The maximum Gasteiger partial charge on any atom is 0.469 e. The van der Waals surface area contributed by atoms with Crippen molar-refractivity contribution in [2.24, 2.45) is 0 Å². The minimum atomic E-state index is -4.75. The molecule has 0 fully saturated rings. The lowest BCUT2D eigenvalue weighted by molar-refractivity contribution is -0.161. The Kier molecular flexibility index (Phi) is 24.5. The topological polar surface area (TPSA) is 148 Å². The van der Waals surface area contributed by atoms with Crippen LogP contribution in [-0.2, 0) is 32.9 Å². The molecule has 0 aliphatic heterocycles. The lowest BCUT2D eigenvalue weighted by Gasteiger charge is -2.18. The van der Waals surface area contributed by atoms with Crippen molar-refractivity contribution >= 4 is 25.7 Å². The minimum absolute atomic E-state index is 0.00923. The Morgan fingerprint density at radius 1 is 0.692 bits per heavy atom. The average molecular weight is 580 g/mol. The minimum Gasteiger partial charge on any atom is -0.462 e. The molecule has 230 valence electrons. The van der Waals surface area contributed by atoms with Crippen LogP contribution < -0.4 is 5.32 Å². The number of esters is 2. The van der Waals surface area contributed by atoms with Crippen LogP contribution >= 0.6 is 7.82 Å². The van der Waals surface area contributed by atoms with Crippen LogP contribution in [-0.4, -0.2) is 53.5 Å². The third-order valence-electron chi connectivity index (χ3n) is 6.32. The van der Waals surface area contributed by atoms with Crippen molar-refractivity contribution in [2.45, 2.75) is 142 Å². The highest BCUT2D eigenvalue weighted by molar-refractivity contribution is 7.46. The maximum absolute atomic E-state index is 12.2. The van der Waals surface area contributed by atoms with E-state index in [4.69, 9.17) is 19.3 Å². The molecule has 1 amide bonds. The highest BCUT2D eigenvalue weighted by atomic mass is 31.2. The summed E-state index contributed by atoms with van der Waals surface area (Å²) in [5.74, 6) is -0.954. The molecule has 39 heavy (non-hydrogen) atoms. The molecular weight excluding hydrogens is 525 g/mol. The smallest absolute Gasteiger partial charge is 0.462 e. The summed E-state index contributed by atoms with van der Waals surface area (Å²) in [6.45, 7) is 3.56. The highest BCUT2D eigenvalue weighted by Gasteiger charge is 2.22. The number of phosphoric ester groups is 1. The molecular formula is C28H54NO9P. The summed E-state index contributed by atoms with van der Waals surface area (Å²) in [6, 6.07) is 0. The molecule has 1 atom stereocenters. The zero-order valence-electron chi connectivity index (χ0n) is 24.3. The van der Waals surface area contributed by atoms with Gasteiger partial charge in [0.15, 0.2) is 6.10 Å². The first-order chi connectivity index (χ1) is 18.6. The molecule has 0 heterocycles. The van der Waals surface area contributed by atoms with Gasteiger partial charge in [-0.25, -0.2) is 4.57 Å². The number of amides is 1. The number of nitrogens with one attached hydrogen (secondary N) is 1. The summed E-state index contributed by atoms with van der Waals surface area (Å²) in [4.78, 5) is 53.0. The fourth-order valence-electron chi connectivity index (χ4n) is 4.10. The lowest BCUT2D eigenvalue weighted by Crippen LogP contribution is -2.29. The largest absolute Gasteiger partial charge is 0.469 e. The quantitative estimate of drug-likeness (QED) is 0.0594. The van der Waals surface area contributed by atoms with E-state index >= 15 is 0 Å². The third-order valence-corrected chi connectivity index (χ3v) is 6.81. The first-order valence-electron chi connectivity index (χ1n) is 14.9. The third kappa shape index (κ3) is 29.3. The van der Waals surface area contributed by atoms with Crippen LogP contribution in [0.4, 0.5) is 0 Å². The van der Waals surface area contributed by atoms with Crippen molar-refractivity contribution in [2.75, 3.05) is 19.8 Å². The predicted molar refractivity (Wildman–Crippen MR) is 151 cm³/mol. The molecule has 0 saturated heterocycles. The van der Waals surface area contributed by atoms with E-state index in [2.05, 4.69) is 16.8 Å². The molecule has 0 rings (SSSR count). The van der Waals surface area contributed by atoms with E-state index in [0.29, 0.717) is 19.4 Å². The van der Waals surface area contributed by atoms with Crippen LogP contribution in [0.25, 0.3) is 0 Å². The highest BCUT2D eigenvalue weighted by Crippen LogP contribution is 2.35.